The minimum atomic E-state index is -0.00338. The highest BCUT2D eigenvalue weighted by molar-refractivity contribution is 5.82. The van der Waals surface area contributed by atoms with E-state index >= 15 is 0 Å². The number of fused-ring (bicyclic) bond motifs is 4. The second-order valence-electron chi connectivity index (χ2n) is 11.7. The molecule has 0 saturated carbocycles. The van der Waals surface area contributed by atoms with E-state index in [4.69, 9.17) is 0 Å². The van der Waals surface area contributed by atoms with E-state index in [-0.39, 0.29) is 11.8 Å². The Hall–Kier alpha value is -4.68. The van der Waals surface area contributed by atoms with Gasteiger partial charge in [0.15, 0.2) is 0 Å². The molecule has 2 unspecified atom stereocenters. The van der Waals surface area contributed by atoms with Crippen LogP contribution in [0.15, 0.2) is 146 Å². The first-order chi connectivity index (χ1) is 20.4. The van der Waals surface area contributed by atoms with E-state index in [0.717, 1.165) is 11.1 Å². The normalized spacial score (nSPS) is 22.2. The van der Waals surface area contributed by atoms with Crippen molar-refractivity contribution in [1.29, 1.82) is 0 Å². The monoisotopic (exact) mass is 542 g/mol. The van der Waals surface area contributed by atoms with Gasteiger partial charge in [-0.25, -0.2) is 0 Å². The summed E-state index contributed by atoms with van der Waals surface area (Å²) in [4.78, 5) is 0. The molecule has 0 fully saturated rings. The van der Waals surface area contributed by atoms with Crippen molar-refractivity contribution in [3.05, 3.63) is 190 Å². The Morgan fingerprint density at radius 2 is 1.02 bits per heavy atom. The molecule has 4 aromatic carbocycles. The van der Waals surface area contributed by atoms with Crippen LogP contribution in [-0.2, 0) is 0 Å². The summed E-state index contributed by atoms with van der Waals surface area (Å²) in [5.74, 6) is 0.0293. The average molecular weight is 543 g/mol. The summed E-state index contributed by atoms with van der Waals surface area (Å²) < 4.78 is 0. The molecule has 2 aliphatic rings. The first kappa shape index (κ1) is 27.5. The standard InChI is InChI=1S/C42H38/c1-27-15-11-17-29(3)39-30(4)18-12-16-28(2)34-26-14-20-32(6)41(34)42(40-31(5)19-13-25-33(27)40)38-24-10-8-22-36(38)35-21-7-9-23-37(35)39/h7-26,39,42H,1,4H2,2-3,5-6H3/b15-11-,18-12-,28-16+,29-17+. The fourth-order valence-electron chi connectivity index (χ4n) is 6.94. The van der Waals surface area contributed by atoms with E-state index in [0.29, 0.717) is 0 Å². The van der Waals surface area contributed by atoms with Crippen LogP contribution in [0.25, 0.3) is 22.3 Å². The summed E-state index contributed by atoms with van der Waals surface area (Å²) in [7, 11) is 0. The molecule has 0 saturated heterocycles. The molecule has 4 aromatic rings. The zero-order chi connectivity index (χ0) is 29.4. The van der Waals surface area contributed by atoms with E-state index in [1.807, 2.05) is 0 Å². The molecule has 0 N–H and O–H groups in total. The van der Waals surface area contributed by atoms with Gasteiger partial charge < -0.3 is 0 Å². The third-order valence-electron chi connectivity index (χ3n) is 8.97. The van der Waals surface area contributed by atoms with Crippen LogP contribution in [0, 0.1) is 13.8 Å². The van der Waals surface area contributed by atoms with Crippen molar-refractivity contribution in [2.75, 3.05) is 0 Å². The van der Waals surface area contributed by atoms with Crippen molar-refractivity contribution in [3.8, 4) is 11.1 Å². The molecule has 0 nitrogen and oxygen atoms in total. The predicted molar refractivity (Wildman–Crippen MR) is 182 cm³/mol. The first-order valence-electron chi connectivity index (χ1n) is 14.8. The lowest BCUT2D eigenvalue weighted by atomic mass is 9.73. The Kier molecular flexibility index (Phi) is 7.40. The van der Waals surface area contributed by atoms with Gasteiger partial charge in [0.05, 0.1) is 0 Å². The van der Waals surface area contributed by atoms with Crippen LogP contribution in [0.1, 0.15) is 70.2 Å². The topological polar surface area (TPSA) is 0 Å². The number of hydrogen-bond donors (Lipinski definition) is 0. The molecule has 6 rings (SSSR count). The van der Waals surface area contributed by atoms with E-state index in [1.165, 1.54) is 66.8 Å². The molecule has 42 heavy (non-hydrogen) atoms. The van der Waals surface area contributed by atoms with Gasteiger partial charge in [0.2, 0.25) is 0 Å². The van der Waals surface area contributed by atoms with Crippen LogP contribution in [0.5, 0.6) is 0 Å². The van der Waals surface area contributed by atoms with E-state index in [2.05, 4.69) is 162 Å². The van der Waals surface area contributed by atoms with Gasteiger partial charge >= 0.3 is 0 Å². The highest BCUT2D eigenvalue weighted by Crippen LogP contribution is 2.47. The van der Waals surface area contributed by atoms with Crippen molar-refractivity contribution >= 4 is 11.1 Å². The summed E-state index contributed by atoms with van der Waals surface area (Å²) in [6, 6.07) is 31.3. The van der Waals surface area contributed by atoms with Crippen molar-refractivity contribution in [2.24, 2.45) is 0 Å². The first-order valence-corrected chi connectivity index (χ1v) is 14.8. The smallest absolute Gasteiger partial charge is 0.0363 e. The molecular formula is C42H38. The van der Waals surface area contributed by atoms with Crippen LogP contribution in [0.4, 0.5) is 0 Å². The van der Waals surface area contributed by atoms with Gasteiger partial charge in [-0.2, -0.15) is 0 Å². The number of allylic oxidation sites excluding steroid dienone is 10. The summed E-state index contributed by atoms with van der Waals surface area (Å²) in [6.07, 6.45) is 13.2. The lowest BCUT2D eigenvalue weighted by Gasteiger charge is -2.30. The highest BCUT2D eigenvalue weighted by Gasteiger charge is 2.30. The van der Waals surface area contributed by atoms with Gasteiger partial charge in [0.1, 0.15) is 0 Å². The number of aryl methyl sites for hydroxylation is 2. The maximum Gasteiger partial charge on any atom is 0.0363 e. The van der Waals surface area contributed by atoms with Gasteiger partial charge in [-0.15, -0.1) is 0 Å². The predicted octanol–water partition coefficient (Wildman–Crippen LogP) is 11.3. The lowest BCUT2D eigenvalue weighted by molar-refractivity contribution is 0.934. The number of rotatable bonds is 0. The van der Waals surface area contributed by atoms with E-state index in [1.54, 1.807) is 0 Å². The van der Waals surface area contributed by atoms with Crippen LogP contribution >= 0.6 is 0 Å². The molecule has 2 atom stereocenters. The largest absolute Gasteiger partial charge is 0.0949 e. The SMILES string of the molecule is C=C1/C=C\C=C(/C)C2C(=C)/C=C\C=C(/C)c3cccc(C)c3C(c3ccccc3-c3ccccc32)c2c(C)cccc21. The minimum absolute atomic E-state index is 0.00338. The van der Waals surface area contributed by atoms with Gasteiger partial charge in [0.25, 0.3) is 0 Å². The minimum Gasteiger partial charge on any atom is -0.0949 e. The Labute approximate surface area is 251 Å². The molecule has 0 amide bonds. The summed E-state index contributed by atoms with van der Waals surface area (Å²) >= 11 is 0. The Balaban J connectivity index is 1.88. The summed E-state index contributed by atoms with van der Waals surface area (Å²) in [6.45, 7) is 18.2. The fourth-order valence-corrected chi connectivity index (χ4v) is 6.94. The van der Waals surface area contributed by atoms with E-state index in [9.17, 15) is 0 Å². The third-order valence-corrected chi connectivity index (χ3v) is 8.97. The lowest BCUT2D eigenvalue weighted by Crippen LogP contribution is -2.13. The van der Waals surface area contributed by atoms with Crippen molar-refractivity contribution in [3.63, 3.8) is 0 Å². The van der Waals surface area contributed by atoms with Gasteiger partial charge in [-0.1, -0.05) is 140 Å². The number of hydrogen-bond acceptors (Lipinski definition) is 0. The molecule has 0 aromatic heterocycles. The summed E-state index contributed by atoms with van der Waals surface area (Å²) in [5.41, 5.74) is 17.3. The van der Waals surface area contributed by atoms with Gasteiger partial charge in [0, 0.05) is 11.8 Å². The second kappa shape index (κ2) is 11.3. The molecule has 0 heteroatoms. The molecule has 2 aliphatic carbocycles. The van der Waals surface area contributed by atoms with Crippen molar-refractivity contribution < 1.29 is 0 Å². The molecule has 206 valence electrons. The maximum absolute atomic E-state index is 4.62. The highest BCUT2D eigenvalue weighted by atomic mass is 14.3. The quantitative estimate of drug-likeness (QED) is 0.207. The Morgan fingerprint density at radius 1 is 0.500 bits per heavy atom. The van der Waals surface area contributed by atoms with Crippen LogP contribution in [-0.4, -0.2) is 0 Å². The molecule has 0 heterocycles. The number of benzene rings is 4. The van der Waals surface area contributed by atoms with Crippen LogP contribution in [0.2, 0.25) is 0 Å². The molecular weight excluding hydrogens is 504 g/mol. The van der Waals surface area contributed by atoms with Crippen LogP contribution in [0.3, 0.4) is 0 Å². The molecule has 2 bridgehead atoms. The zero-order valence-electron chi connectivity index (χ0n) is 25.1. The molecule has 0 aliphatic heterocycles. The van der Waals surface area contributed by atoms with Crippen molar-refractivity contribution in [1.82, 2.24) is 0 Å². The maximum atomic E-state index is 4.62. The summed E-state index contributed by atoms with van der Waals surface area (Å²) in [5, 5.41) is 0. The van der Waals surface area contributed by atoms with Crippen LogP contribution < -0.4 is 0 Å². The zero-order valence-corrected chi connectivity index (χ0v) is 25.1. The van der Waals surface area contributed by atoms with Gasteiger partial charge in [-0.05, 0) is 100 Å². The Bertz CT molecular complexity index is 1850. The second-order valence-corrected chi connectivity index (χ2v) is 11.7. The average Bonchev–Trinajstić information content (AvgIpc) is 2.99. The molecule has 0 radical (unpaired) electrons. The fraction of sp³-hybridized carbons (Fsp3) is 0.143. The molecule has 0 spiro atoms. The third kappa shape index (κ3) is 4.78. The van der Waals surface area contributed by atoms with E-state index < -0.39 is 0 Å². The van der Waals surface area contributed by atoms with Crippen molar-refractivity contribution in [2.45, 2.75) is 39.5 Å². The van der Waals surface area contributed by atoms with Gasteiger partial charge in [-0.3, -0.25) is 0 Å². The Morgan fingerprint density at radius 3 is 1.69 bits per heavy atom.